The molecule has 14 heavy (non-hydrogen) atoms. The number of carbonyl (C=O) groups is 2. The lowest BCUT2D eigenvalue weighted by Crippen LogP contribution is -2.43. The highest BCUT2D eigenvalue weighted by Gasteiger charge is 2.47. The maximum Gasteiger partial charge on any atom is 0.471 e. The van der Waals surface area contributed by atoms with E-state index < -0.39 is 18.1 Å². The highest BCUT2D eigenvalue weighted by Crippen LogP contribution is 2.25. The molecule has 0 spiro atoms. The average Bonchev–Trinajstić information content (AvgIpc) is 2.43. The van der Waals surface area contributed by atoms with Crippen LogP contribution >= 0.6 is 0 Å². The first kappa shape index (κ1) is 11.5. The number of nitrogens with zero attached hydrogens (tertiary/aromatic N) is 1. The van der Waals surface area contributed by atoms with E-state index in [4.69, 9.17) is 0 Å². The summed E-state index contributed by atoms with van der Waals surface area (Å²) in [5, 5.41) is 0.507. The Morgan fingerprint density at radius 3 is 2.57 bits per heavy atom. The highest BCUT2D eigenvalue weighted by atomic mass is 27.0. The molecule has 1 unspecified atom stereocenters. The predicted octanol–water partition coefficient (Wildman–Crippen LogP) is -0.230. The van der Waals surface area contributed by atoms with Crippen LogP contribution in [-0.4, -0.2) is 51.6 Å². The molecule has 0 saturated carbocycles. The highest BCUT2D eigenvalue weighted by molar-refractivity contribution is 6.09. The van der Waals surface area contributed by atoms with E-state index in [9.17, 15) is 22.8 Å². The fraction of sp³-hybridized carbons (Fsp3) is 0.714. The van der Waals surface area contributed by atoms with Crippen molar-refractivity contribution in [2.45, 2.75) is 23.9 Å². The maximum atomic E-state index is 12.0. The van der Waals surface area contributed by atoms with E-state index >= 15 is 0 Å². The zero-order valence-electron chi connectivity index (χ0n) is 7.60. The van der Waals surface area contributed by atoms with E-state index in [0.29, 0.717) is 26.5 Å². The summed E-state index contributed by atoms with van der Waals surface area (Å²) in [4.78, 5) is 22.4. The van der Waals surface area contributed by atoms with Crippen molar-refractivity contribution in [3.05, 3.63) is 0 Å². The molecule has 1 aliphatic rings. The van der Waals surface area contributed by atoms with E-state index in [-0.39, 0.29) is 18.7 Å². The number of halogens is 3. The van der Waals surface area contributed by atoms with Gasteiger partial charge in [0.05, 0.1) is 6.54 Å². The molecular weight excluding hydrogens is 214 g/mol. The lowest BCUT2D eigenvalue weighted by Gasteiger charge is -2.23. The van der Waals surface area contributed by atoms with Crippen LogP contribution in [0.25, 0.3) is 0 Å². The molecule has 0 aromatic heterocycles. The first-order chi connectivity index (χ1) is 6.36. The maximum absolute atomic E-state index is 12.0. The molecule has 78 valence electrons. The van der Waals surface area contributed by atoms with Gasteiger partial charge in [-0.3, -0.25) is 9.59 Å². The second kappa shape index (κ2) is 3.91. The number of hydrogen-bond acceptors (Lipinski definition) is 2. The van der Waals surface area contributed by atoms with Gasteiger partial charge < -0.3 is 4.90 Å². The van der Waals surface area contributed by atoms with Gasteiger partial charge in [-0.25, -0.2) is 0 Å². The SMILES string of the molecule is O=C1CC([CH2][AlH2])N(C(=O)C(F)(F)F)C1. The molecule has 0 N–H and O–H groups in total. The van der Waals surface area contributed by atoms with Gasteiger partial charge in [0.1, 0.15) is 0 Å². The van der Waals surface area contributed by atoms with Crippen molar-refractivity contribution in [2.24, 2.45) is 0 Å². The average molecular weight is 223 g/mol. The molecule has 0 aromatic carbocycles. The van der Waals surface area contributed by atoms with E-state index in [1.807, 2.05) is 0 Å². The van der Waals surface area contributed by atoms with Crippen LogP contribution in [0.2, 0.25) is 5.28 Å². The second-order valence-electron chi connectivity index (χ2n) is 3.24. The first-order valence-electron chi connectivity index (χ1n) is 4.25. The van der Waals surface area contributed by atoms with E-state index in [1.165, 1.54) is 0 Å². The van der Waals surface area contributed by atoms with Gasteiger partial charge in [-0.1, -0.05) is 5.28 Å². The van der Waals surface area contributed by atoms with Gasteiger partial charge in [-0.05, 0) is 0 Å². The van der Waals surface area contributed by atoms with Crippen molar-refractivity contribution in [1.29, 1.82) is 0 Å². The lowest BCUT2D eigenvalue weighted by atomic mass is 10.2. The Kier molecular flexibility index (Phi) is 3.22. The molecule has 1 heterocycles. The number of rotatable bonds is 1. The van der Waals surface area contributed by atoms with Gasteiger partial charge in [0.25, 0.3) is 0 Å². The number of alkyl halides is 3. The Labute approximate surface area is 86.7 Å². The zero-order valence-corrected chi connectivity index (χ0v) is 9.60. The number of ketones is 1. The third-order valence-corrected chi connectivity index (χ3v) is 3.17. The Bertz CT molecular complexity index is 266. The molecule has 1 atom stereocenters. The minimum Gasteiger partial charge on any atom is -0.325 e. The van der Waals surface area contributed by atoms with Crippen LogP contribution < -0.4 is 0 Å². The first-order valence-corrected chi connectivity index (χ1v) is 5.67. The number of hydrogen-bond donors (Lipinski definition) is 0. The Balaban J connectivity index is 2.77. The van der Waals surface area contributed by atoms with Crippen molar-refractivity contribution in [2.75, 3.05) is 6.54 Å². The topological polar surface area (TPSA) is 37.4 Å². The molecule has 1 fully saturated rings. The summed E-state index contributed by atoms with van der Waals surface area (Å²) in [7, 11) is 0. The molecule has 1 saturated heterocycles. The van der Waals surface area contributed by atoms with Crippen molar-refractivity contribution in [3.63, 3.8) is 0 Å². The lowest BCUT2D eigenvalue weighted by molar-refractivity contribution is -0.186. The Morgan fingerprint density at radius 2 is 2.14 bits per heavy atom. The molecule has 0 bridgehead atoms. The molecule has 1 rings (SSSR count). The van der Waals surface area contributed by atoms with Crippen LogP contribution in [0.4, 0.5) is 13.2 Å². The number of amides is 1. The normalized spacial score (nSPS) is 22.9. The molecule has 1 amide bonds. The smallest absolute Gasteiger partial charge is 0.325 e. The van der Waals surface area contributed by atoms with Crippen LogP contribution in [0, 0.1) is 0 Å². The summed E-state index contributed by atoms with van der Waals surface area (Å²) in [6.07, 6.45) is -4.79. The van der Waals surface area contributed by atoms with Gasteiger partial charge in [-0.15, -0.1) is 0 Å². The summed E-state index contributed by atoms with van der Waals surface area (Å²) in [5.41, 5.74) is 0. The molecule has 3 nitrogen and oxygen atoms in total. The van der Waals surface area contributed by atoms with Gasteiger partial charge in [-0.2, -0.15) is 13.2 Å². The largest absolute Gasteiger partial charge is 0.471 e. The number of likely N-dealkylation sites (tertiary alicyclic amines) is 1. The fourth-order valence-electron chi connectivity index (χ4n) is 1.52. The van der Waals surface area contributed by atoms with Crippen LogP contribution in [0.3, 0.4) is 0 Å². The van der Waals surface area contributed by atoms with E-state index in [0.717, 1.165) is 0 Å². The zero-order chi connectivity index (χ0) is 10.9. The minimum atomic E-state index is -4.86. The third-order valence-electron chi connectivity index (χ3n) is 2.23. The van der Waals surface area contributed by atoms with Crippen LogP contribution in [0.5, 0.6) is 0 Å². The third kappa shape index (κ3) is 2.28. The van der Waals surface area contributed by atoms with Crippen molar-refractivity contribution in [1.82, 2.24) is 4.90 Å². The van der Waals surface area contributed by atoms with Crippen molar-refractivity contribution < 1.29 is 22.8 Å². The second-order valence-corrected chi connectivity index (χ2v) is 4.05. The monoisotopic (exact) mass is 223 g/mol. The van der Waals surface area contributed by atoms with Gasteiger partial charge in [0.15, 0.2) is 5.78 Å². The van der Waals surface area contributed by atoms with E-state index in [1.54, 1.807) is 0 Å². The van der Waals surface area contributed by atoms with E-state index in [2.05, 4.69) is 0 Å². The standard InChI is InChI=1S/C7H7F3NO2.Al.2H/c1-4-2-5(12)3-11(4)6(13)7(8,9)10;;;/h4H,1-3H2;;;. The number of carbonyl (C=O) groups excluding carboxylic acids is 2. The summed E-state index contributed by atoms with van der Waals surface area (Å²) >= 11 is 0.680. The molecular formula is C7H9AlF3NO2. The number of Topliss-reactive ketones (excluding diaryl/α,β-unsaturated/α-hetero) is 1. The van der Waals surface area contributed by atoms with Crippen LogP contribution in [0.15, 0.2) is 0 Å². The molecule has 0 radical (unpaired) electrons. The molecule has 0 aliphatic carbocycles. The van der Waals surface area contributed by atoms with Crippen molar-refractivity contribution in [3.8, 4) is 0 Å². The van der Waals surface area contributed by atoms with Gasteiger partial charge in [0.2, 0.25) is 16.3 Å². The molecule has 1 aliphatic heterocycles. The fourth-order valence-corrected chi connectivity index (χ4v) is 2.25. The van der Waals surface area contributed by atoms with Gasteiger partial charge in [0, 0.05) is 12.5 Å². The predicted molar refractivity (Wildman–Crippen MR) is 44.5 cm³/mol. The van der Waals surface area contributed by atoms with Crippen molar-refractivity contribution >= 4 is 28.0 Å². The Hall–Kier alpha value is -0.538. The van der Waals surface area contributed by atoms with Gasteiger partial charge >= 0.3 is 12.1 Å². The quantitative estimate of drug-likeness (QED) is 0.576. The minimum absolute atomic E-state index is 0.0747. The summed E-state index contributed by atoms with van der Waals surface area (Å²) in [6.45, 7) is -0.384. The Morgan fingerprint density at radius 1 is 1.57 bits per heavy atom. The van der Waals surface area contributed by atoms with Crippen LogP contribution in [0.1, 0.15) is 6.42 Å². The molecule has 7 heteroatoms. The summed E-state index contributed by atoms with van der Waals surface area (Å²) in [6, 6.07) is -0.525. The summed E-state index contributed by atoms with van der Waals surface area (Å²) in [5.74, 6) is -2.17. The molecule has 0 aromatic rings. The summed E-state index contributed by atoms with van der Waals surface area (Å²) < 4.78 is 36.1. The van der Waals surface area contributed by atoms with Crippen LogP contribution in [-0.2, 0) is 9.59 Å².